The van der Waals surface area contributed by atoms with Gasteiger partial charge in [0.05, 0.1) is 5.71 Å². The Morgan fingerprint density at radius 2 is 2.00 bits per heavy atom. The van der Waals surface area contributed by atoms with Gasteiger partial charge in [-0.05, 0) is 38.5 Å². The van der Waals surface area contributed by atoms with E-state index in [0.717, 1.165) is 11.1 Å². The molecule has 0 bridgehead atoms. The van der Waals surface area contributed by atoms with Gasteiger partial charge in [0, 0.05) is 11.6 Å². The lowest BCUT2D eigenvalue weighted by Crippen LogP contribution is -2.25. The van der Waals surface area contributed by atoms with Gasteiger partial charge in [-0.25, -0.2) is 9.82 Å². The van der Waals surface area contributed by atoms with Gasteiger partial charge < -0.3 is 4.74 Å². The van der Waals surface area contributed by atoms with E-state index in [1.165, 1.54) is 23.8 Å². The van der Waals surface area contributed by atoms with Crippen molar-refractivity contribution >= 4 is 11.6 Å². The fourth-order valence-corrected chi connectivity index (χ4v) is 2.16. The number of hydrogen-bond donors (Lipinski definition) is 1. The van der Waals surface area contributed by atoms with E-state index in [1.54, 1.807) is 6.07 Å². The number of nitrogens with one attached hydrogen (secondary N) is 1. The predicted molar refractivity (Wildman–Crippen MR) is 88.2 cm³/mol. The van der Waals surface area contributed by atoms with E-state index in [1.807, 2.05) is 32.9 Å². The topological polar surface area (TPSA) is 50.7 Å². The molecule has 0 spiro atoms. The highest BCUT2D eigenvalue weighted by atomic mass is 19.1. The minimum atomic E-state index is -0.411. The summed E-state index contributed by atoms with van der Waals surface area (Å²) in [6.07, 6.45) is 0. The molecule has 0 heterocycles. The van der Waals surface area contributed by atoms with Crippen LogP contribution in [0.2, 0.25) is 0 Å². The first kappa shape index (κ1) is 16.7. The third-order valence-corrected chi connectivity index (χ3v) is 3.29. The van der Waals surface area contributed by atoms with Gasteiger partial charge in [0.2, 0.25) is 0 Å². The fourth-order valence-electron chi connectivity index (χ4n) is 2.16. The summed E-state index contributed by atoms with van der Waals surface area (Å²) in [6, 6.07) is 11.7. The molecule has 23 heavy (non-hydrogen) atoms. The number of rotatable bonds is 5. The number of amides is 1. The number of carbonyl (C=O) groups excluding carboxylic acids is 1. The number of ether oxygens (including phenoxy) is 1. The van der Waals surface area contributed by atoms with Crippen LogP contribution in [-0.2, 0) is 4.79 Å². The van der Waals surface area contributed by atoms with Gasteiger partial charge in [0.15, 0.2) is 6.61 Å². The molecule has 0 saturated carbocycles. The Balaban J connectivity index is 1.92. The highest BCUT2D eigenvalue weighted by Crippen LogP contribution is 2.12. The summed E-state index contributed by atoms with van der Waals surface area (Å²) in [7, 11) is 0. The molecule has 0 aliphatic carbocycles. The Bertz CT molecular complexity index is 742. The molecular formula is C18H19FN2O2. The molecule has 2 rings (SSSR count). The maximum absolute atomic E-state index is 13.0. The Labute approximate surface area is 135 Å². The van der Waals surface area contributed by atoms with Crippen molar-refractivity contribution in [2.45, 2.75) is 20.8 Å². The Kier molecular flexibility index (Phi) is 5.46. The van der Waals surface area contributed by atoms with E-state index < -0.39 is 11.7 Å². The zero-order valence-electron chi connectivity index (χ0n) is 13.4. The summed E-state index contributed by atoms with van der Waals surface area (Å²) in [5, 5.41) is 4.08. The van der Waals surface area contributed by atoms with Crippen molar-refractivity contribution in [1.82, 2.24) is 5.43 Å². The third-order valence-electron chi connectivity index (χ3n) is 3.29. The molecule has 2 aromatic carbocycles. The first-order valence-corrected chi connectivity index (χ1v) is 7.25. The molecule has 0 aliphatic rings. The van der Waals surface area contributed by atoms with Crippen LogP contribution >= 0.6 is 0 Å². The van der Waals surface area contributed by atoms with Crippen molar-refractivity contribution < 1.29 is 13.9 Å². The van der Waals surface area contributed by atoms with Crippen LogP contribution in [0.1, 0.15) is 23.6 Å². The van der Waals surface area contributed by atoms with Crippen molar-refractivity contribution in [3.8, 4) is 5.75 Å². The zero-order chi connectivity index (χ0) is 16.8. The number of benzene rings is 2. The van der Waals surface area contributed by atoms with Crippen LogP contribution in [0.5, 0.6) is 5.75 Å². The quantitative estimate of drug-likeness (QED) is 0.679. The van der Waals surface area contributed by atoms with E-state index in [-0.39, 0.29) is 6.61 Å². The van der Waals surface area contributed by atoms with E-state index in [0.29, 0.717) is 11.5 Å². The lowest BCUT2D eigenvalue weighted by atomic mass is 10.0. The minimum absolute atomic E-state index is 0.229. The minimum Gasteiger partial charge on any atom is -0.484 e. The summed E-state index contributed by atoms with van der Waals surface area (Å²) in [5.41, 5.74) is 6.39. The van der Waals surface area contributed by atoms with Gasteiger partial charge in [-0.1, -0.05) is 29.8 Å². The van der Waals surface area contributed by atoms with E-state index in [9.17, 15) is 9.18 Å². The first-order chi connectivity index (χ1) is 11.0. The molecular weight excluding hydrogens is 295 g/mol. The highest BCUT2D eigenvalue weighted by Gasteiger charge is 2.05. The van der Waals surface area contributed by atoms with Crippen molar-refractivity contribution in [3.63, 3.8) is 0 Å². The van der Waals surface area contributed by atoms with Crippen LogP contribution in [0.4, 0.5) is 4.39 Å². The largest absolute Gasteiger partial charge is 0.484 e. The molecule has 0 aliphatic heterocycles. The Hall–Kier alpha value is -2.69. The number of aryl methyl sites for hydroxylation is 2. The SMILES string of the molecule is C/C(=N/NC(=O)COc1cccc(F)c1)c1ccc(C)cc1C. The molecule has 1 N–H and O–H groups in total. The molecule has 0 atom stereocenters. The van der Waals surface area contributed by atoms with Crippen molar-refractivity contribution in [2.24, 2.45) is 5.10 Å². The average Bonchev–Trinajstić information content (AvgIpc) is 2.50. The molecule has 2 aromatic rings. The Morgan fingerprint density at radius 1 is 1.22 bits per heavy atom. The van der Waals surface area contributed by atoms with Gasteiger partial charge in [0.25, 0.3) is 5.91 Å². The summed E-state index contributed by atoms with van der Waals surface area (Å²) in [4.78, 5) is 11.7. The van der Waals surface area contributed by atoms with Gasteiger partial charge in [-0.2, -0.15) is 5.10 Å². The molecule has 1 amide bonds. The molecule has 120 valence electrons. The van der Waals surface area contributed by atoms with Gasteiger partial charge in [-0.15, -0.1) is 0 Å². The summed E-state index contributed by atoms with van der Waals surface area (Å²) in [6.45, 7) is 5.61. The van der Waals surface area contributed by atoms with Gasteiger partial charge >= 0.3 is 0 Å². The second-order valence-electron chi connectivity index (χ2n) is 5.30. The third kappa shape index (κ3) is 4.92. The number of halogens is 1. The van der Waals surface area contributed by atoms with E-state index in [4.69, 9.17) is 4.74 Å². The summed E-state index contributed by atoms with van der Waals surface area (Å²) >= 11 is 0. The van der Waals surface area contributed by atoms with Crippen molar-refractivity contribution in [2.75, 3.05) is 6.61 Å². The van der Waals surface area contributed by atoms with Crippen LogP contribution in [0.25, 0.3) is 0 Å². The normalized spacial score (nSPS) is 11.2. The zero-order valence-corrected chi connectivity index (χ0v) is 13.4. The molecule has 0 fully saturated rings. The summed E-state index contributed by atoms with van der Waals surface area (Å²) in [5.74, 6) is -0.514. The van der Waals surface area contributed by atoms with Gasteiger partial charge in [-0.3, -0.25) is 4.79 Å². The second-order valence-corrected chi connectivity index (χ2v) is 5.30. The molecule has 0 unspecified atom stereocenters. The van der Waals surface area contributed by atoms with Crippen LogP contribution in [0, 0.1) is 19.7 Å². The number of hydrogen-bond acceptors (Lipinski definition) is 3. The standard InChI is InChI=1S/C18H19FN2O2/c1-12-7-8-17(13(2)9-12)14(3)20-21-18(22)11-23-16-6-4-5-15(19)10-16/h4-10H,11H2,1-3H3,(H,21,22)/b20-14-. The van der Waals surface area contributed by atoms with Crippen molar-refractivity contribution in [3.05, 3.63) is 65.0 Å². The van der Waals surface area contributed by atoms with Crippen molar-refractivity contribution in [1.29, 1.82) is 0 Å². The molecule has 4 nitrogen and oxygen atoms in total. The lowest BCUT2D eigenvalue weighted by Gasteiger charge is -2.08. The number of nitrogens with zero attached hydrogens (tertiary/aromatic N) is 1. The first-order valence-electron chi connectivity index (χ1n) is 7.25. The van der Waals surface area contributed by atoms with Crippen LogP contribution in [-0.4, -0.2) is 18.2 Å². The molecule has 0 saturated heterocycles. The highest BCUT2D eigenvalue weighted by molar-refractivity contribution is 6.00. The summed E-state index contributed by atoms with van der Waals surface area (Å²) < 4.78 is 18.2. The lowest BCUT2D eigenvalue weighted by molar-refractivity contribution is -0.123. The van der Waals surface area contributed by atoms with Crippen LogP contribution in [0.15, 0.2) is 47.6 Å². The molecule has 5 heteroatoms. The molecule has 0 aromatic heterocycles. The number of hydrazone groups is 1. The Morgan fingerprint density at radius 3 is 2.70 bits per heavy atom. The van der Waals surface area contributed by atoms with Crippen LogP contribution in [0.3, 0.4) is 0 Å². The number of carbonyl (C=O) groups is 1. The maximum atomic E-state index is 13.0. The van der Waals surface area contributed by atoms with E-state index in [2.05, 4.69) is 16.6 Å². The maximum Gasteiger partial charge on any atom is 0.277 e. The van der Waals surface area contributed by atoms with E-state index >= 15 is 0 Å². The average molecular weight is 314 g/mol. The predicted octanol–water partition coefficient (Wildman–Crippen LogP) is 3.36. The monoisotopic (exact) mass is 314 g/mol. The fraction of sp³-hybridized carbons (Fsp3) is 0.222. The molecule has 0 radical (unpaired) electrons. The van der Waals surface area contributed by atoms with Gasteiger partial charge in [0.1, 0.15) is 11.6 Å². The second kappa shape index (κ2) is 7.54. The smallest absolute Gasteiger partial charge is 0.277 e. The van der Waals surface area contributed by atoms with Crippen LogP contribution < -0.4 is 10.2 Å².